The zero-order valence-corrected chi connectivity index (χ0v) is 13.9. The molecule has 0 heterocycles. The fourth-order valence-corrected chi connectivity index (χ4v) is 2.77. The summed E-state index contributed by atoms with van der Waals surface area (Å²) < 4.78 is 0. The van der Waals surface area contributed by atoms with Crippen LogP contribution in [0.15, 0.2) is 0 Å². The van der Waals surface area contributed by atoms with E-state index in [4.69, 9.17) is 0 Å². The first-order chi connectivity index (χ1) is 8.77. The Hall–Kier alpha value is -0.0800. The molecule has 0 aliphatic rings. The van der Waals surface area contributed by atoms with Crippen LogP contribution >= 0.6 is 0 Å². The first-order valence-electron chi connectivity index (χ1n) is 8.13. The SMILES string of the molecule is CC(C)C(O)C(C)CCCCCC(C)C(O)C(C)C. The summed E-state index contributed by atoms with van der Waals surface area (Å²) in [4.78, 5) is 0. The van der Waals surface area contributed by atoms with Gasteiger partial charge in [0.05, 0.1) is 12.2 Å². The summed E-state index contributed by atoms with van der Waals surface area (Å²) in [6, 6.07) is 0. The minimum absolute atomic E-state index is 0.165. The fourth-order valence-electron chi connectivity index (χ4n) is 2.77. The highest BCUT2D eigenvalue weighted by Gasteiger charge is 2.18. The van der Waals surface area contributed by atoms with Gasteiger partial charge < -0.3 is 10.2 Å². The molecule has 0 saturated heterocycles. The molecule has 4 atom stereocenters. The number of aliphatic hydroxyl groups excluding tert-OH is 2. The zero-order chi connectivity index (χ0) is 15.0. The van der Waals surface area contributed by atoms with E-state index >= 15 is 0 Å². The molecule has 0 aromatic carbocycles. The summed E-state index contributed by atoms with van der Waals surface area (Å²) in [5, 5.41) is 19.9. The number of unbranched alkanes of at least 4 members (excludes halogenated alkanes) is 2. The van der Waals surface area contributed by atoms with Crippen LogP contribution in [0.1, 0.15) is 73.6 Å². The molecule has 2 nitrogen and oxygen atoms in total. The molecule has 0 aliphatic heterocycles. The van der Waals surface area contributed by atoms with Gasteiger partial charge >= 0.3 is 0 Å². The molecule has 0 fully saturated rings. The van der Waals surface area contributed by atoms with Crippen LogP contribution in [0.4, 0.5) is 0 Å². The van der Waals surface area contributed by atoms with Crippen LogP contribution in [-0.2, 0) is 0 Å². The summed E-state index contributed by atoms with van der Waals surface area (Å²) in [6.45, 7) is 12.6. The zero-order valence-electron chi connectivity index (χ0n) is 13.9. The predicted octanol–water partition coefficient (Wildman–Crippen LogP) is 4.24. The quantitative estimate of drug-likeness (QED) is 0.584. The van der Waals surface area contributed by atoms with Gasteiger partial charge in [0, 0.05) is 0 Å². The molecule has 0 amide bonds. The van der Waals surface area contributed by atoms with E-state index in [9.17, 15) is 10.2 Å². The smallest absolute Gasteiger partial charge is 0.0588 e. The van der Waals surface area contributed by atoms with Gasteiger partial charge in [-0.3, -0.25) is 0 Å². The topological polar surface area (TPSA) is 40.5 Å². The third-order valence-corrected chi connectivity index (χ3v) is 4.35. The van der Waals surface area contributed by atoms with Crippen molar-refractivity contribution in [2.45, 2.75) is 85.9 Å². The van der Waals surface area contributed by atoms with Crippen molar-refractivity contribution in [3.8, 4) is 0 Å². The maximum absolute atomic E-state index is 9.94. The van der Waals surface area contributed by atoms with E-state index < -0.39 is 0 Å². The lowest BCUT2D eigenvalue weighted by Crippen LogP contribution is -2.24. The molecule has 2 N–H and O–H groups in total. The molecule has 0 aromatic heterocycles. The third kappa shape index (κ3) is 7.94. The normalized spacial score (nSPS) is 18.6. The summed E-state index contributed by atoms with van der Waals surface area (Å²) in [5.41, 5.74) is 0. The van der Waals surface area contributed by atoms with Crippen molar-refractivity contribution in [1.29, 1.82) is 0 Å². The van der Waals surface area contributed by atoms with Gasteiger partial charge in [-0.15, -0.1) is 0 Å². The van der Waals surface area contributed by atoms with Gasteiger partial charge in [-0.05, 0) is 36.5 Å². The molecular formula is C17H36O2. The number of rotatable bonds is 10. The van der Waals surface area contributed by atoms with Crippen molar-refractivity contribution in [3.05, 3.63) is 0 Å². The van der Waals surface area contributed by atoms with Crippen LogP contribution in [0.2, 0.25) is 0 Å². The molecule has 0 saturated carbocycles. The van der Waals surface area contributed by atoms with Crippen LogP contribution in [0, 0.1) is 23.7 Å². The van der Waals surface area contributed by atoms with Crippen molar-refractivity contribution >= 4 is 0 Å². The Bertz CT molecular complexity index is 191. The van der Waals surface area contributed by atoms with E-state index in [1.807, 2.05) is 0 Å². The highest BCUT2D eigenvalue weighted by atomic mass is 16.3. The third-order valence-electron chi connectivity index (χ3n) is 4.35. The molecule has 0 radical (unpaired) electrons. The Balaban J connectivity index is 3.65. The first kappa shape index (κ1) is 18.9. The lowest BCUT2D eigenvalue weighted by Gasteiger charge is -2.23. The Morgan fingerprint density at radius 1 is 0.579 bits per heavy atom. The van der Waals surface area contributed by atoms with Crippen LogP contribution in [0.5, 0.6) is 0 Å². The standard InChI is InChI=1S/C17H36O2/c1-12(2)16(18)14(5)10-8-7-9-11-15(6)17(19)13(3)4/h12-19H,7-11H2,1-6H3. The van der Waals surface area contributed by atoms with E-state index in [2.05, 4.69) is 41.5 Å². The Kier molecular flexibility index (Phi) is 9.72. The van der Waals surface area contributed by atoms with Crippen LogP contribution in [-0.4, -0.2) is 22.4 Å². The van der Waals surface area contributed by atoms with Gasteiger partial charge in [0.2, 0.25) is 0 Å². The number of aliphatic hydroxyl groups is 2. The van der Waals surface area contributed by atoms with E-state index in [0.717, 1.165) is 12.8 Å². The summed E-state index contributed by atoms with van der Waals surface area (Å²) in [7, 11) is 0. The van der Waals surface area contributed by atoms with E-state index in [-0.39, 0.29) is 12.2 Å². The Labute approximate surface area is 120 Å². The van der Waals surface area contributed by atoms with Gasteiger partial charge in [0.15, 0.2) is 0 Å². The first-order valence-corrected chi connectivity index (χ1v) is 8.13. The van der Waals surface area contributed by atoms with Crippen molar-refractivity contribution < 1.29 is 10.2 Å². The van der Waals surface area contributed by atoms with E-state index in [1.165, 1.54) is 19.3 Å². The lowest BCUT2D eigenvalue weighted by molar-refractivity contribution is 0.0640. The summed E-state index contributed by atoms with van der Waals surface area (Å²) in [6.07, 6.45) is 5.49. The maximum atomic E-state index is 9.94. The van der Waals surface area contributed by atoms with Crippen LogP contribution < -0.4 is 0 Å². The molecule has 0 aromatic rings. The Morgan fingerprint density at radius 2 is 0.895 bits per heavy atom. The summed E-state index contributed by atoms with van der Waals surface area (Å²) in [5.74, 6) is 1.52. The van der Waals surface area contributed by atoms with Crippen LogP contribution in [0.3, 0.4) is 0 Å². The van der Waals surface area contributed by atoms with Crippen molar-refractivity contribution in [2.24, 2.45) is 23.7 Å². The average molecular weight is 272 g/mol. The van der Waals surface area contributed by atoms with Crippen molar-refractivity contribution in [2.75, 3.05) is 0 Å². The van der Waals surface area contributed by atoms with Crippen molar-refractivity contribution in [3.63, 3.8) is 0 Å². The lowest BCUT2D eigenvalue weighted by atomic mass is 9.88. The predicted molar refractivity (Wildman–Crippen MR) is 83.1 cm³/mol. The van der Waals surface area contributed by atoms with Crippen LogP contribution in [0.25, 0.3) is 0 Å². The minimum atomic E-state index is -0.165. The van der Waals surface area contributed by atoms with E-state index in [0.29, 0.717) is 23.7 Å². The molecule has 0 spiro atoms. The molecule has 19 heavy (non-hydrogen) atoms. The fraction of sp³-hybridized carbons (Fsp3) is 1.00. The maximum Gasteiger partial charge on any atom is 0.0588 e. The molecule has 0 aliphatic carbocycles. The molecule has 0 rings (SSSR count). The largest absolute Gasteiger partial charge is 0.393 e. The second-order valence-electron chi connectivity index (χ2n) is 7.06. The Morgan fingerprint density at radius 3 is 1.16 bits per heavy atom. The number of hydrogen-bond acceptors (Lipinski definition) is 2. The van der Waals surface area contributed by atoms with Gasteiger partial charge in [-0.1, -0.05) is 60.8 Å². The molecular weight excluding hydrogens is 236 g/mol. The second-order valence-corrected chi connectivity index (χ2v) is 7.06. The van der Waals surface area contributed by atoms with Gasteiger partial charge in [-0.2, -0.15) is 0 Å². The highest BCUT2D eigenvalue weighted by Crippen LogP contribution is 2.22. The van der Waals surface area contributed by atoms with Gasteiger partial charge in [-0.25, -0.2) is 0 Å². The summed E-state index contributed by atoms with van der Waals surface area (Å²) >= 11 is 0. The molecule has 2 heteroatoms. The highest BCUT2D eigenvalue weighted by molar-refractivity contribution is 4.69. The molecule has 4 unspecified atom stereocenters. The van der Waals surface area contributed by atoms with Crippen molar-refractivity contribution in [1.82, 2.24) is 0 Å². The van der Waals surface area contributed by atoms with E-state index in [1.54, 1.807) is 0 Å². The minimum Gasteiger partial charge on any atom is -0.393 e. The average Bonchev–Trinajstić information content (AvgIpc) is 2.35. The second kappa shape index (κ2) is 9.77. The van der Waals surface area contributed by atoms with Gasteiger partial charge in [0.1, 0.15) is 0 Å². The van der Waals surface area contributed by atoms with Gasteiger partial charge in [0.25, 0.3) is 0 Å². The number of hydrogen-bond donors (Lipinski definition) is 2. The molecule has 116 valence electrons. The molecule has 0 bridgehead atoms. The monoisotopic (exact) mass is 272 g/mol.